The lowest BCUT2D eigenvalue weighted by molar-refractivity contribution is 0.0602. The van der Waals surface area contributed by atoms with Gasteiger partial charge in [0.15, 0.2) is 0 Å². The predicted octanol–water partition coefficient (Wildman–Crippen LogP) is 2.03. The Morgan fingerprint density at radius 1 is 1.30 bits per heavy atom. The van der Waals surface area contributed by atoms with E-state index in [1.165, 1.54) is 36.9 Å². The molecule has 27 heavy (non-hydrogen) atoms. The normalized spacial score (nSPS) is 11.0. The van der Waals surface area contributed by atoms with Crippen LogP contribution in [-0.2, 0) is 18.3 Å². The maximum Gasteiger partial charge on any atom is 0.338 e. The van der Waals surface area contributed by atoms with Gasteiger partial charge in [0.2, 0.25) is 0 Å². The van der Waals surface area contributed by atoms with Crippen molar-refractivity contribution in [1.29, 1.82) is 0 Å². The Kier molecular flexibility index (Phi) is 4.84. The molecule has 0 aliphatic carbocycles. The largest absolute Gasteiger partial charge is 0.465 e. The van der Waals surface area contributed by atoms with E-state index in [-0.39, 0.29) is 28.2 Å². The number of aryl methyl sites for hydroxylation is 2. The molecule has 2 aromatic heterocycles. The molecule has 3 aromatic rings. The molecule has 0 bridgehead atoms. The number of rotatable bonds is 3. The van der Waals surface area contributed by atoms with Crippen molar-refractivity contribution in [3.63, 3.8) is 0 Å². The van der Waals surface area contributed by atoms with Crippen LogP contribution in [0.25, 0.3) is 11.0 Å². The molecule has 0 aliphatic rings. The van der Waals surface area contributed by atoms with Gasteiger partial charge in [-0.25, -0.2) is 19.0 Å². The summed E-state index contributed by atoms with van der Waals surface area (Å²) in [5.41, 5.74) is -0.414. The fourth-order valence-electron chi connectivity index (χ4n) is 2.83. The molecule has 7 nitrogen and oxygen atoms in total. The van der Waals surface area contributed by atoms with Crippen LogP contribution < -0.4 is 11.2 Å². The van der Waals surface area contributed by atoms with Gasteiger partial charge >= 0.3 is 11.7 Å². The molecule has 0 fully saturated rings. The summed E-state index contributed by atoms with van der Waals surface area (Å²) in [6, 6.07) is 5.10. The van der Waals surface area contributed by atoms with Crippen molar-refractivity contribution in [2.45, 2.75) is 13.5 Å². The lowest BCUT2D eigenvalue weighted by Gasteiger charge is -2.13. The van der Waals surface area contributed by atoms with Gasteiger partial charge in [-0.15, -0.1) is 0 Å². The number of aromatic nitrogens is 3. The summed E-state index contributed by atoms with van der Waals surface area (Å²) in [6.07, 6.45) is 0. The number of nitrogens with zero attached hydrogens (tertiary/aromatic N) is 3. The lowest BCUT2D eigenvalue weighted by Crippen LogP contribution is -2.40. The Bertz CT molecular complexity index is 1200. The standard InChI is InChI=1S/C18H15ClFN3O4/c1-9-6-12(17(25)27-3)14-15(21-9)22(2)18(26)23(16(14)24)8-10-4-5-11(20)7-13(10)19/h4-7H,8H2,1-3H3. The SMILES string of the molecule is COC(=O)c1cc(C)nc2c1c(=O)n(Cc1ccc(F)cc1Cl)c(=O)n2C. The Balaban J connectivity index is 2.35. The van der Waals surface area contributed by atoms with Crippen LogP contribution in [0.5, 0.6) is 0 Å². The van der Waals surface area contributed by atoms with Crippen molar-refractivity contribution in [3.05, 3.63) is 72.8 Å². The maximum atomic E-state index is 13.3. The Morgan fingerprint density at radius 3 is 2.63 bits per heavy atom. The minimum Gasteiger partial charge on any atom is -0.465 e. The quantitative estimate of drug-likeness (QED) is 0.638. The van der Waals surface area contributed by atoms with E-state index in [9.17, 15) is 18.8 Å². The number of benzene rings is 1. The van der Waals surface area contributed by atoms with E-state index in [0.717, 1.165) is 10.6 Å². The summed E-state index contributed by atoms with van der Waals surface area (Å²) in [7, 11) is 2.64. The number of pyridine rings is 1. The van der Waals surface area contributed by atoms with Crippen molar-refractivity contribution < 1.29 is 13.9 Å². The van der Waals surface area contributed by atoms with E-state index < -0.39 is 23.0 Å². The highest BCUT2D eigenvalue weighted by Crippen LogP contribution is 2.19. The topological polar surface area (TPSA) is 83.2 Å². The van der Waals surface area contributed by atoms with Crippen molar-refractivity contribution in [1.82, 2.24) is 14.1 Å². The monoisotopic (exact) mass is 391 g/mol. The number of hydrogen-bond donors (Lipinski definition) is 0. The Morgan fingerprint density at radius 2 is 2.00 bits per heavy atom. The zero-order valence-corrected chi connectivity index (χ0v) is 15.5. The third-order valence-corrected chi connectivity index (χ3v) is 4.52. The number of fused-ring (bicyclic) bond motifs is 1. The van der Waals surface area contributed by atoms with Gasteiger partial charge < -0.3 is 4.74 Å². The second-order valence-corrected chi connectivity index (χ2v) is 6.38. The molecule has 0 aliphatic heterocycles. The molecule has 0 radical (unpaired) electrons. The fourth-order valence-corrected chi connectivity index (χ4v) is 3.06. The molecule has 9 heteroatoms. The first kappa shape index (κ1) is 18.8. The molecular weight excluding hydrogens is 377 g/mol. The number of hydrogen-bond acceptors (Lipinski definition) is 5. The van der Waals surface area contributed by atoms with Gasteiger partial charge in [0, 0.05) is 17.8 Å². The highest BCUT2D eigenvalue weighted by molar-refractivity contribution is 6.31. The van der Waals surface area contributed by atoms with Crippen LogP contribution >= 0.6 is 11.6 Å². The minimum absolute atomic E-state index is 0.0135. The zero-order valence-electron chi connectivity index (χ0n) is 14.7. The number of carbonyl (C=O) groups excluding carboxylic acids is 1. The third-order valence-electron chi connectivity index (χ3n) is 4.17. The van der Waals surface area contributed by atoms with E-state index in [1.807, 2.05) is 0 Å². The summed E-state index contributed by atoms with van der Waals surface area (Å²) in [6.45, 7) is 1.45. The zero-order chi connectivity index (χ0) is 19.9. The number of carbonyl (C=O) groups is 1. The van der Waals surface area contributed by atoms with Crippen LogP contribution in [0, 0.1) is 12.7 Å². The van der Waals surface area contributed by atoms with Crippen LogP contribution in [0.2, 0.25) is 5.02 Å². The second-order valence-electron chi connectivity index (χ2n) is 5.97. The molecule has 0 atom stereocenters. The molecule has 2 heterocycles. The molecule has 0 saturated carbocycles. The molecule has 140 valence electrons. The second kappa shape index (κ2) is 6.96. The predicted molar refractivity (Wildman–Crippen MR) is 97.8 cm³/mol. The van der Waals surface area contributed by atoms with E-state index in [1.54, 1.807) is 6.92 Å². The summed E-state index contributed by atoms with van der Waals surface area (Å²) in [5.74, 6) is -1.25. The van der Waals surface area contributed by atoms with Crippen LogP contribution in [-0.4, -0.2) is 27.2 Å². The first-order chi connectivity index (χ1) is 12.7. The first-order valence-corrected chi connectivity index (χ1v) is 8.25. The van der Waals surface area contributed by atoms with Gasteiger partial charge in [0.1, 0.15) is 11.5 Å². The number of methoxy groups -OCH3 is 1. The van der Waals surface area contributed by atoms with Crippen LogP contribution in [0.1, 0.15) is 21.6 Å². The molecule has 0 saturated heterocycles. The molecule has 0 N–H and O–H groups in total. The Hall–Kier alpha value is -3.00. The molecule has 1 aromatic carbocycles. The van der Waals surface area contributed by atoms with Crippen LogP contribution in [0.4, 0.5) is 4.39 Å². The van der Waals surface area contributed by atoms with Crippen molar-refractivity contribution >= 4 is 28.6 Å². The van der Waals surface area contributed by atoms with E-state index in [4.69, 9.17) is 16.3 Å². The third kappa shape index (κ3) is 3.23. The number of ether oxygens (including phenoxy) is 1. The van der Waals surface area contributed by atoms with E-state index in [2.05, 4.69) is 4.98 Å². The van der Waals surface area contributed by atoms with Gasteiger partial charge in [0.25, 0.3) is 5.56 Å². The highest BCUT2D eigenvalue weighted by atomic mass is 35.5. The Labute approximate surface area is 157 Å². The number of halogens is 2. The lowest BCUT2D eigenvalue weighted by atomic mass is 10.1. The van der Waals surface area contributed by atoms with E-state index >= 15 is 0 Å². The molecule has 0 amide bonds. The fraction of sp³-hybridized carbons (Fsp3) is 0.222. The van der Waals surface area contributed by atoms with Crippen LogP contribution in [0.3, 0.4) is 0 Å². The van der Waals surface area contributed by atoms with Gasteiger partial charge in [0.05, 0.1) is 24.6 Å². The number of esters is 1. The average Bonchev–Trinajstić information content (AvgIpc) is 2.63. The summed E-state index contributed by atoms with van der Waals surface area (Å²) < 4.78 is 20.1. The summed E-state index contributed by atoms with van der Waals surface area (Å²) in [5, 5.41) is 0.0482. The van der Waals surface area contributed by atoms with Gasteiger partial charge in [-0.3, -0.25) is 13.9 Å². The van der Waals surface area contributed by atoms with Crippen molar-refractivity contribution in [3.8, 4) is 0 Å². The maximum absolute atomic E-state index is 13.3. The van der Waals surface area contributed by atoms with E-state index in [0.29, 0.717) is 11.3 Å². The van der Waals surface area contributed by atoms with Crippen molar-refractivity contribution in [2.24, 2.45) is 7.05 Å². The highest BCUT2D eigenvalue weighted by Gasteiger charge is 2.21. The molecular formula is C18H15ClFN3O4. The molecule has 0 spiro atoms. The van der Waals surface area contributed by atoms with Gasteiger partial charge in [-0.1, -0.05) is 17.7 Å². The van der Waals surface area contributed by atoms with Gasteiger partial charge in [-0.05, 0) is 30.7 Å². The van der Waals surface area contributed by atoms with Crippen molar-refractivity contribution in [2.75, 3.05) is 7.11 Å². The average molecular weight is 392 g/mol. The molecule has 3 rings (SSSR count). The van der Waals surface area contributed by atoms with Gasteiger partial charge in [-0.2, -0.15) is 0 Å². The minimum atomic E-state index is -0.715. The summed E-state index contributed by atoms with van der Waals surface area (Å²) >= 11 is 6.02. The first-order valence-electron chi connectivity index (χ1n) is 7.88. The smallest absolute Gasteiger partial charge is 0.338 e. The summed E-state index contributed by atoms with van der Waals surface area (Å²) in [4.78, 5) is 42.1. The molecule has 0 unspecified atom stereocenters. The van der Waals surface area contributed by atoms with Crippen LogP contribution in [0.15, 0.2) is 33.9 Å².